The van der Waals surface area contributed by atoms with Crippen molar-refractivity contribution < 1.29 is 14.3 Å². The maximum absolute atomic E-state index is 11.8. The number of aromatic nitrogens is 1. The highest BCUT2D eigenvalue weighted by molar-refractivity contribution is 5.71. The summed E-state index contributed by atoms with van der Waals surface area (Å²) in [6.45, 7) is 8.30. The summed E-state index contributed by atoms with van der Waals surface area (Å²) in [6, 6.07) is 1.40. The number of ether oxygens (including phenoxy) is 2. The number of aromatic amines is 1. The van der Waals surface area contributed by atoms with Gasteiger partial charge in [0.1, 0.15) is 6.61 Å². The van der Waals surface area contributed by atoms with Crippen LogP contribution in [-0.2, 0) is 16.1 Å². The fourth-order valence-corrected chi connectivity index (χ4v) is 1.42. The summed E-state index contributed by atoms with van der Waals surface area (Å²) in [5.41, 5.74) is 0.350. The molecule has 1 N–H and O–H groups in total. The normalized spacial score (nSPS) is 10.9. The molecule has 1 rings (SSSR count). The summed E-state index contributed by atoms with van der Waals surface area (Å²) >= 11 is 0. The summed E-state index contributed by atoms with van der Waals surface area (Å²) < 4.78 is 10.5. The maximum Gasteiger partial charge on any atom is 0.308 e. The van der Waals surface area contributed by atoms with Crippen molar-refractivity contribution in [2.45, 2.75) is 40.7 Å². The molecule has 0 atom stereocenters. The summed E-state index contributed by atoms with van der Waals surface area (Å²) in [4.78, 5) is 26.1. The van der Waals surface area contributed by atoms with Crippen LogP contribution in [0.5, 0.6) is 5.75 Å². The highest BCUT2D eigenvalue weighted by Crippen LogP contribution is 2.07. The first kappa shape index (κ1) is 16.3. The van der Waals surface area contributed by atoms with Gasteiger partial charge in [-0.25, -0.2) is 0 Å². The molecule has 1 aromatic rings. The minimum absolute atomic E-state index is 0.0680. The molecule has 1 heterocycles. The molecule has 0 aliphatic rings. The summed E-state index contributed by atoms with van der Waals surface area (Å²) in [5, 5.41) is 0. The molecule has 0 aromatic carbocycles. The summed E-state index contributed by atoms with van der Waals surface area (Å²) in [5.74, 6) is 0.358. The number of hydrogen-bond donors (Lipinski definition) is 1. The van der Waals surface area contributed by atoms with Gasteiger partial charge in [-0.15, -0.1) is 0 Å². The number of rotatable bonds is 7. The third kappa shape index (κ3) is 5.47. The fourth-order valence-electron chi connectivity index (χ4n) is 1.42. The molecule has 20 heavy (non-hydrogen) atoms. The zero-order chi connectivity index (χ0) is 15.1. The molecular formula is C15H23NO4. The molecule has 1 aromatic heterocycles. The topological polar surface area (TPSA) is 68.4 Å². The van der Waals surface area contributed by atoms with Gasteiger partial charge in [0.2, 0.25) is 5.43 Å². The van der Waals surface area contributed by atoms with Crippen molar-refractivity contribution >= 4 is 5.97 Å². The molecule has 0 saturated carbocycles. The Balaban J connectivity index is 2.55. The molecule has 0 aliphatic heterocycles. The average molecular weight is 281 g/mol. The van der Waals surface area contributed by atoms with E-state index in [1.54, 1.807) is 13.8 Å². The van der Waals surface area contributed by atoms with Gasteiger partial charge >= 0.3 is 5.97 Å². The van der Waals surface area contributed by atoms with Crippen LogP contribution in [0, 0.1) is 11.8 Å². The predicted molar refractivity (Wildman–Crippen MR) is 76.6 cm³/mol. The van der Waals surface area contributed by atoms with Crippen LogP contribution in [0.1, 0.15) is 39.8 Å². The van der Waals surface area contributed by atoms with Crippen molar-refractivity contribution in [3.8, 4) is 5.75 Å². The lowest BCUT2D eigenvalue weighted by Gasteiger charge is -2.09. The lowest BCUT2D eigenvalue weighted by atomic mass is 10.1. The predicted octanol–water partition coefficient (Wildman–Crippen LogP) is 2.50. The molecule has 0 bridgehead atoms. The molecule has 112 valence electrons. The molecule has 0 unspecified atom stereocenters. The molecule has 0 aliphatic carbocycles. The lowest BCUT2D eigenvalue weighted by Crippen LogP contribution is -2.15. The van der Waals surface area contributed by atoms with Gasteiger partial charge in [-0.2, -0.15) is 0 Å². The van der Waals surface area contributed by atoms with Crippen LogP contribution < -0.4 is 10.2 Å². The van der Waals surface area contributed by atoms with Crippen LogP contribution in [0.4, 0.5) is 0 Å². The molecule has 0 fully saturated rings. The van der Waals surface area contributed by atoms with Gasteiger partial charge in [-0.05, 0) is 12.3 Å². The molecule has 0 spiro atoms. The molecular weight excluding hydrogens is 258 g/mol. The van der Waals surface area contributed by atoms with Gasteiger partial charge in [0.15, 0.2) is 5.75 Å². The second-order valence-corrected chi connectivity index (χ2v) is 5.48. The second kappa shape index (κ2) is 7.72. The molecule has 0 amide bonds. The van der Waals surface area contributed by atoms with Crippen molar-refractivity contribution in [1.82, 2.24) is 4.98 Å². The number of hydrogen-bond acceptors (Lipinski definition) is 4. The van der Waals surface area contributed by atoms with E-state index < -0.39 is 0 Å². The number of pyridine rings is 1. The van der Waals surface area contributed by atoms with E-state index >= 15 is 0 Å². The fraction of sp³-hybridized carbons (Fsp3) is 0.600. The van der Waals surface area contributed by atoms with Crippen LogP contribution in [0.15, 0.2) is 17.1 Å². The number of H-pyrrole nitrogens is 1. The molecule has 5 heteroatoms. The highest BCUT2D eigenvalue weighted by atomic mass is 16.5. The molecule has 0 radical (unpaired) electrons. The van der Waals surface area contributed by atoms with E-state index in [0.717, 1.165) is 6.42 Å². The molecule has 0 saturated heterocycles. The van der Waals surface area contributed by atoms with E-state index in [1.807, 2.05) is 0 Å². The first-order valence-electron chi connectivity index (χ1n) is 6.91. The number of carbonyl (C=O) groups is 1. The van der Waals surface area contributed by atoms with Crippen LogP contribution in [0.25, 0.3) is 0 Å². The SMILES string of the molecule is CC(C)CCOc1c[nH]c(COC(=O)C(C)C)cc1=O. The van der Waals surface area contributed by atoms with Crippen molar-refractivity contribution in [2.24, 2.45) is 11.8 Å². The van der Waals surface area contributed by atoms with Gasteiger partial charge in [0.05, 0.1) is 18.2 Å². The quantitative estimate of drug-likeness (QED) is 0.780. The Bertz CT molecular complexity index is 491. The maximum atomic E-state index is 11.8. The van der Waals surface area contributed by atoms with Crippen LogP contribution >= 0.6 is 0 Å². The van der Waals surface area contributed by atoms with E-state index in [1.165, 1.54) is 12.3 Å². The van der Waals surface area contributed by atoms with E-state index in [-0.39, 0.29) is 23.9 Å². The van der Waals surface area contributed by atoms with E-state index in [2.05, 4.69) is 18.8 Å². The van der Waals surface area contributed by atoms with Crippen LogP contribution in [-0.4, -0.2) is 17.6 Å². The van der Waals surface area contributed by atoms with Crippen LogP contribution in [0.2, 0.25) is 0 Å². The second-order valence-electron chi connectivity index (χ2n) is 5.48. The van der Waals surface area contributed by atoms with Crippen molar-refractivity contribution in [3.63, 3.8) is 0 Å². The Morgan fingerprint density at radius 2 is 2.00 bits per heavy atom. The average Bonchev–Trinajstić information content (AvgIpc) is 2.37. The standard InChI is InChI=1S/C15H23NO4/c1-10(2)5-6-19-14-8-16-12(7-13(14)17)9-20-15(18)11(3)4/h7-8,10-11H,5-6,9H2,1-4H3,(H,16,17). The summed E-state index contributed by atoms with van der Waals surface area (Å²) in [6.07, 6.45) is 2.41. The Morgan fingerprint density at radius 3 is 2.55 bits per heavy atom. The first-order valence-corrected chi connectivity index (χ1v) is 6.91. The zero-order valence-corrected chi connectivity index (χ0v) is 12.6. The minimum atomic E-state index is -0.289. The van der Waals surface area contributed by atoms with E-state index in [0.29, 0.717) is 24.0 Å². The van der Waals surface area contributed by atoms with Crippen LogP contribution in [0.3, 0.4) is 0 Å². The first-order chi connectivity index (χ1) is 9.40. The third-order valence-corrected chi connectivity index (χ3v) is 2.73. The number of carbonyl (C=O) groups excluding carboxylic acids is 1. The van der Waals surface area contributed by atoms with Crippen molar-refractivity contribution in [2.75, 3.05) is 6.61 Å². The van der Waals surface area contributed by atoms with E-state index in [9.17, 15) is 9.59 Å². The molecule has 5 nitrogen and oxygen atoms in total. The van der Waals surface area contributed by atoms with Crippen molar-refractivity contribution in [1.29, 1.82) is 0 Å². The number of esters is 1. The Morgan fingerprint density at radius 1 is 1.30 bits per heavy atom. The van der Waals surface area contributed by atoms with Gasteiger partial charge in [-0.1, -0.05) is 27.7 Å². The van der Waals surface area contributed by atoms with Gasteiger partial charge in [0.25, 0.3) is 0 Å². The Labute approximate surface area is 119 Å². The third-order valence-electron chi connectivity index (χ3n) is 2.73. The van der Waals surface area contributed by atoms with Gasteiger partial charge < -0.3 is 14.5 Å². The largest absolute Gasteiger partial charge is 0.488 e. The van der Waals surface area contributed by atoms with Gasteiger partial charge in [-0.3, -0.25) is 9.59 Å². The van der Waals surface area contributed by atoms with Gasteiger partial charge in [0, 0.05) is 12.3 Å². The number of nitrogens with one attached hydrogen (secondary N) is 1. The monoisotopic (exact) mass is 281 g/mol. The van der Waals surface area contributed by atoms with E-state index in [4.69, 9.17) is 9.47 Å². The highest BCUT2D eigenvalue weighted by Gasteiger charge is 2.09. The lowest BCUT2D eigenvalue weighted by molar-refractivity contribution is -0.148. The smallest absolute Gasteiger partial charge is 0.308 e. The zero-order valence-electron chi connectivity index (χ0n) is 12.6. The Hall–Kier alpha value is -1.78. The minimum Gasteiger partial charge on any atom is -0.488 e. The van der Waals surface area contributed by atoms with Crippen molar-refractivity contribution in [3.05, 3.63) is 28.2 Å². The Kier molecular flexibility index (Phi) is 6.28. The summed E-state index contributed by atoms with van der Waals surface area (Å²) in [7, 11) is 0.